The van der Waals surface area contributed by atoms with Crippen molar-refractivity contribution in [1.29, 1.82) is 5.26 Å². The number of thioether (sulfide) groups is 1. The van der Waals surface area contributed by atoms with E-state index in [2.05, 4.69) is 21.2 Å². The molecule has 0 aliphatic rings. The number of nitrogens with zero attached hydrogens (tertiary/aromatic N) is 1. The number of carbonyl (C=O) groups is 1. The number of hydrogen-bond donors (Lipinski definition) is 1. The van der Waals surface area contributed by atoms with E-state index >= 15 is 0 Å². The molecule has 1 N–H and O–H groups in total. The van der Waals surface area contributed by atoms with Crippen molar-refractivity contribution in [2.45, 2.75) is 4.90 Å². The molecular weight excluding hydrogens is 371 g/mol. The number of hydrogen-bond acceptors (Lipinski definition) is 4. The highest BCUT2D eigenvalue weighted by Crippen LogP contribution is 2.28. The molecule has 0 unspecified atom stereocenters. The average Bonchev–Trinajstić information content (AvgIpc) is 2.49. The van der Waals surface area contributed by atoms with Crippen LogP contribution in [0.25, 0.3) is 0 Å². The Hall–Kier alpha value is -2.04. The summed E-state index contributed by atoms with van der Waals surface area (Å²) >= 11 is 4.34. The molecule has 4 nitrogen and oxygen atoms in total. The van der Waals surface area contributed by atoms with E-state index in [1.54, 1.807) is 30.3 Å². The number of halogens is 2. The molecule has 0 saturated heterocycles. The van der Waals surface area contributed by atoms with Crippen LogP contribution in [0.4, 0.5) is 10.1 Å². The Kier molecular flexibility index (Phi) is 5.81. The largest absolute Gasteiger partial charge is 0.481 e. The third kappa shape index (κ3) is 4.48. The van der Waals surface area contributed by atoms with Crippen molar-refractivity contribution in [3.63, 3.8) is 0 Å². The Balaban J connectivity index is 1.95. The molecule has 0 spiro atoms. The van der Waals surface area contributed by atoms with Crippen molar-refractivity contribution in [2.24, 2.45) is 0 Å². The number of ether oxygens (including phenoxy) is 1. The van der Waals surface area contributed by atoms with Crippen molar-refractivity contribution < 1.29 is 13.9 Å². The quantitative estimate of drug-likeness (QED) is 0.624. The monoisotopic (exact) mass is 380 g/mol. The van der Waals surface area contributed by atoms with Gasteiger partial charge in [-0.3, -0.25) is 4.79 Å². The van der Waals surface area contributed by atoms with Crippen molar-refractivity contribution in [3.05, 3.63) is 52.8 Å². The molecule has 7 heteroatoms. The Bertz CT molecular complexity index is 734. The molecule has 0 radical (unpaired) electrons. The van der Waals surface area contributed by atoms with Gasteiger partial charge in [-0.05, 0) is 58.0 Å². The van der Waals surface area contributed by atoms with E-state index in [9.17, 15) is 9.18 Å². The summed E-state index contributed by atoms with van der Waals surface area (Å²) in [5.41, 5.74) is 0.546. The molecule has 0 aliphatic heterocycles. The molecule has 0 aliphatic carbocycles. The van der Waals surface area contributed by atoms with Crippen molar-refractivity contribution in [2.75, 3.05) is 11.9 Å². The van der Waals surface area contributed by atoms with E-state index < -0.39 is 11.7 Å². The summed E-state index contributed by atoms with van der Waals surface area (Å²) in [6.07, 6.45) is 0. The molecular formula is C15H10BrFN2O2S. The Morgan fingerprint density at radius 1 is 1.36 bits per heavy atom. The second-order valence-corrected chi connectivity index (χ2v) is 5.81. The number of nitriles is 1. The highest BCUT2D eigenvalue weighted by molar-refractivity contribution is 9.10. The van der Waals surface area contributed by atoms with Crippen LogP contribution in [-0.4, -0.2) is 12.5 Å². The third-order valence-electron chi connectivity index (χ3n) is 2.57. The zero-order valence-electron chi connectivity index (χ0n) is 11.2. The molecule has 2 aromatic rings. The second-order valence-electron chi connectivity index (χ2n) is 4.10. The predicted molar refractivity (Wildman–Crippen MR) is 86.1 cm³/mol. The normalized spacial score (nSPS) is 9.86. The van der Waals surface area contributed by atoms with E-state index in [0.29, 0.717) is 10.2 Å². The first-order valence-electron chi connectivity index (χ1n) is 6.13. The molecule has 0 saturated carbocycles. The minimum absolute atomic E-state index is 0.0254. The van der Waals surface area contributed by atoms with Crippen molar-refractivity contribution in [3.8, 4) is 11.2 Å². The van der Waals surface area contributed by atoms with E-state index in [1.165, 1.54) is 12.1 Å². The van der Waals surface area contributed by atoms with E-state index in [1.807, 2.05) is 5.40 Å². The van der Waals surface area contributed by atoms with Crippen LogP contribution in [0.3, 0.4) is 0 Å². The molecule has 1 amide bonds. The van der Waals surface area contributed by atoms with E-state index in [-0.39, 0.29) is 12.4 Å². The topological polar surface area (TPSA) is 62.1 Å². The fourth-order valence-corrected chi connectivity index (χ4v) is 2.65. The van der Waals surface area contributed by atoms with Gasteiger partial charge in [0.1, 0.15) is 5.40 Å². The van der Waals surface area contributed by atoms with Crippen LogP contribution in [0.5, 0.6) is 5.75 Å². The summed E-state index contributed by atoms with van der Waals surface area (Å²) < 4.78 is 19.1. The van der Waals surface area contributed by atoms with Gasteiger partial charge < -0.3 is 10.1 Å². The van der Waals surface area contributed by atoms with Crippen LogP contribution in [0.1, 0.15) is 0 Å². The van der Waals surface area contributed by atoms with Gasteiger partial charge >= 0.3 is 0 Å². The summed E-state index contributed by atoms with van der Waals surface area (Å²) in [5.74, 6) is -0.906. The highest BCUT2D eigenvalue weighted by atomic mass is 79.9. The maximum atomic E-state index is 13.4. The summed E-state index contributed by atoms with van der Waals surface area (Å²) in [4.78, 5) is 12.6. The third-order valence-corrected chi connectivity index (χ3v) is 3.81. The lowest BCUT2D eigenvalue weighted by atomic mass is 10.3. The summed E-state index contributed by atoms with van der Waals surface area (Å²) in [6.45, 7) is -0.304. The molecule has 0 aromatic heterocycles. The van der Waals surface area contributed by atoms with E-state index in [4.69, 9.17) is 10.00 Å². The molecule has 0 fully saturated rings. The van der Waals surface area contributed by atoms with Gasteiger partial charge in [0.25, 0.3) is 5.91 Å². The van der Waals surface area contributed by atoms with Crippen LogP contribution >= 0.6 is 27.7 Å². The van der Waals surface area contributed by atoms with Crippen LogP contribution in [0.15, 0.2) is 51.8 Å². The van der Waals surface area contributed by atoms with Gasteiger partial charge in [-0.15, -0.1) is 0 Å². The first-order chi connectivity index (χ1) is 10.6. The molecule has 22 heavy (non-hydrogen) atoms. The maximum Gasteiger partial charge on any atom is 0.262 e. The van der Waals surface area contributed by atoms with Gasteiger partial charge in [0.15, 0.2) is 18.2 Å². The number of rotatable bonds is 5. The van der Waals surface area contributed by atoms with Crippen LogP contribution in [0, 0.1) is 16.5 Å². The summed E-state index contributed by atoms with van der Waals surface area (Å²) in [7, 11) is 0. The fourth-order valence-electron chi connectivity index (χ4n) is 1.60. The summed E-state index contributed by atoms with van der Waals surface area (Å²) in [5, 5.41) is 13.2. The zero-order chi connectivity index (χ0) is 15.9. The molecule has 0 heterocycles. The lowest BCUT2D eigenvalue weighted by molar-refractivity contribution is -0.118. The minimum atomic E-state index is -0.519. The smallest absolute Gasteiger partial charge is 0.262 e. The van der Waals surface area contributed by atoms with Crippen molar-refractivity contribution in [1.82, 2.24) is 0 Å². The number of amides is 1. The first kappa shape index (κ1) is 16.3. The Labute approximate surface area is 139 Å². The summed E-state index contributed by atoms with van der Waals surface area (Å²) in [6, 6.07) is 11.0. The Morgan fingerprint density at radius 2 is 2.14 bits per heavy atom. The number of nitrogens with one attached hydrogen (secondary N) is 1. The number of thiocyanates is 1. The van der Waals surface area contributed by atoms with Gasteiger partial charge in [0.05, 0.1) is 5.69 Å². The van der Waals surface area contributed by atoms with Gasteiger partial charge in [-0.25, -0.2) is 4.39 Å². The van der Waals surface area contributed by atoms with Crippen LogP contribution in [0.2, 0.25) is 0 Å². The lowest BCUT2D eigenvalue weighted by Crippen LogP contribution is -2.20. The molecule has 0 bridgehead atoms. The maximum absolute atomic E-state index is 13.4. The van der Waals surface area contributed by atoms with Gasteiger partial charge in [0, 0.05) is 9.37 Å². The van der Waals surface area contributed by atoms with Gasteiger partial charge in [0.2, 0.25) is 0 Å². The Morgan fingerprint density at radius 3 is 2.82 bits per heavy atom. The number of para-hydroxylation sites is 1. The highest BCUT2D eigenvalue weighted by Gasteiger charge is 2.09. The number of carbonyl (C=O) groups excluding carboxylic acids is 1. The van der Waals surface area contributed by atoms with Crippen molar-refractivity contribution >= 4 is 39.3 Å². The first-order valence-corrected chi connectivity index (χ1v) is 7.74. The van der Waals surface area contributed by atoms with Gasteiger partial charge in [-0.1, -0.05) is 12.1 Å². The predicted octanol–water partition coefficient (Wildman–Crippen LogP) is 4.18. The lowest BCUT2D eigenvalue weighted by Gasteiger charge is -2.10. The molecule has 2 rings (SSSR count). The fraction of sp³-hybridized carbons (Fsp3) is 0.0667. The zero-order valence-corrected chi connectivity index (χ0v) is 13.6. The average molecular weight is 381 g/mol. The number of anilines is 1. The second kappa shape index (κ2) is 7.82. The minimum Gasteiger partial charge on any atom is -0.481 e. The van der Waals surface area contributed by atoms with Crippen LogP contribution in [-0.2, 0) is 4.79 Å². The van der Waals surface area contributed by atoms with Crippen LogP contribution < -0.4 is 10.1 Å². The standard InChI is InChI=1S/C15H10BrFN2O2S/c16-11-7-10(22-9-18)5-6-13(11)19-15(20)8-21-14-4-2-1-3-12(14)17/h1-7H,8H2,(H,19,20). The molecule has 2 aromatic carbocycles. The SMILES string of the molecule is N#CSc1ccc(NC(=O)COc2ccccc2F)c(Br)c1. The van der Waals surface area contributed by atoms with Gasteiger partial charge in [-0.2, -0.15) is 5.26 Å². The molecule has 0 atom stereocenters. The van der Waals surface area contributed by atoms with E-state index in [0.717, 1.165) is 16.7 Å². The molecule has 112 valence electrons. The number of benzene rings is 2.